The Labute approximate surface area is 226 Å². The molecule has 1 unspecified atom stereocenters. The molecule has 1 saturated heterocycles. The van der Waals surface area contributed by atoms with E-state index in [1.165, 1.54) is 35.3 Å². The highest BCUT2D eigenvalue weighted by Crippen LogP contribution is 2.39. The van der Waals surface area contributed by atoms with Gasteiger partial charge in [-0.2, -0.15) is 0 Å². The molecule has 2 aliphatic heterocycles. The number of amidine groups is 1. The minimum Gasteiger partial charge on any atom is -0.481 e. The zero-order chi connectivity index (χ0) is 27.6. The third-order valence-corrected chi connectivity index (χ3v) is 7.51. The summed E-state index contributed by atoms with van der Waals surface area (Å²) >= 11 is 7.64. The largest absolute Gasteiger partial charge is 0.481 e. The van der Waals surface area contributed by atoms with Crippen molar-refractivity contribution in [3.05, 3.63) is 62.5 Å². The first kappa shape index (κ1) is 28.1. The summed E-state index contributed by atoms with van der Waals surface area (Å²) in [5.41, 5.74) is 0.618. The van der Waals surface area contributed by atoms with Gasteiger partial charge in [-0.1, -0.05) is 24.6 Å². The number of carbonyl (C=O) groups excluding carboxylic acids is 1. The van der Waals surface area contributed by atoms with E-state index in [4.69, 9.17) is 16.3 Å². The summed E-state index contributed by atoms with van der Waals surface area (Å²) in [6, 6.07) is 1.92. The summed E-state index contributed by atoms with van der Waals surface area (Å²) in [6.45, 7) is 2.39. The van der Waals surface area contributed by atoms with Gasteiger partial charge >= 0.3 is 11.9 Å². The number of hydrogen-bond acceptors (Lipinski definition) is 8. The van der Waals surface area contributed by atoms with Crippen molar-refractivity contribution in [1.29, 1.82) is 0 Å². The van der Waals surface area contributed by atoms with Gasteiger partial charge in [0.2, 0.25) is 0 Å². The molecule has 13 heteroatoms. The van der Waals surface area contributed by atoms with E-state index in [1.54, 1.807) is 18.5 Å². The van der Waals surface area contributed by atoms with Crippen LogP contribution in [-0.4, -0.2) is 64.4 Å². The highest BCUT2D eigenvalue weighted by molar-refractivity contribution is 7.11. The van der Waals surface area contributed by atoms with Crippen LogP contribution in [0.2, 0.25) is 5.02 Å². The number of aliphatic carboxylic acids is 1. The Morgan fingerprint density at radius 1 is 1.39 bits per heavy atom. The Balaban J connectivity index is 1.80. The van der Waals surface area contributed by atoms with Crippen molar-refractivity contribution in [2.24, 2.45) is 10.9 Å². The van der Waals surface area contributed by atoms with Gasteiger partial charge in [-0.05, 0) is 25.5 Å². The number of carbonyl (C=O) groups is 2. The molecule has 4 rings (SSSR count). The summed E-state index contributed by atoms with van der Waals surface area (Å²) in [6.07, 6.45) is 1.07. The summed E-state index contributed by atoms with van der Waals surface area (Å²) in [5.74, 6) is -5.97. The lowest BCUT2D eigenvalue weighted by molar-refractivity contribution is -0.142. The zero-order valence-electron chi connectivity index (χ0n) is 20.6. The Morgan fingerprint density at radius 2 is 2.16 bits per heavy atom. The SMILES string of the molecule is CCOC(=O)C1=C(CN2CC(F)(F)C[C@H]2CC(C)C(=O)O)NC(c2nccs2)=N[C@H]1c1ccc(F)cc1Cl. The van der Waals surface area contributed by atoms with Crippen molar-refractivity contribution in [2.75, 3.05) is 19.7 Å². The Kier molecular flexibility index (Phi) is 8.43. The van der Waals surface area contributed by atoms with E-state index < -0.39 is 54.6 Å². The molecule has 0 radical (unpaired) electrons. The number of halogens is 4. The van der Waals surface area contributed by atoms with Crippen molar-refractivity contribution in [1.82, 2.24) is 15.2 Å². The number of likely N-dealkylation sites (tertiary alicyclic amines) is 1. The maximum atomic E-state index is 14.6. The number of aliphatic imine (C=N–C) groups is 1. The summed E-state index contributed by atoms with van der Waals surface area (Å²) in [5, 5.41) is 14.7. The number of hydrogen-bond donors (Lipinski definition) is 2. The molecule has 3 heterocycles. The minimum absolute atomic E-state index is 0.00753. The standard InChI is InChI=1S/C25H26ClF3N4O4S/c1-3-37-24(36)19-18(11-33-12-25(28,29)10-15(33)8-13(2)23(34)35)31-21(22-30-6-7-38-22)32-20(19)16-5-4-14(27)9-17(16)26/h4-7,9,13,15,20H,3,8,10-12H2,1-2H3,(H,31,32)(H,34,35)/t13?,15-,20+/m1/s1. The van der Waals surface area contributed by atoms with Crippen LogP contribution in [0.1, 0.15) is 43.3 Å². The van der Waals surface area contributed by atoms with E-state index in [0.717, 1.165) is 6.07 Å². The number of rotatable bonds is 9. The van der Waals surface area contributed by atoms with Crippen LogP contribution < -0.4 is 5.32 Å². The van der Waals surface area contributed by atoms with Gasteiger partial charge in [0.1, 0.15) is 11.9 Å². The van der Waals surface area contributed by atoms with E-state index >= 15 is 0 Å². The van der Waals surface area contributed by atoms with Crippen LogP contribution in [0.25, 0.3) is 0 Å². The predicted octanol–water partition coefficient (Wildman–Crippen LogP) is 4.66. The number of nitrogens with one attached hydrogen (secondary N) is 1. The number of alkyl halides is 2. The first-order valence-corrected chi connectivity index (χ1v) is 13.2. The lowest BCUT2D eigenvalue weighted by Gasteiger charge is -2.31. The third-order valence-electron chi connectivity index (χ3n) is 6.41. The van der Waals surface area contributed by atoms with E-state index in [1.807, 2.05) is 0 Å². The fraction of sp³-hybridized carbons (Fsp3) is 0.440. The molecule has 0 spiro atoms. The number of ether oxygens (including phenoxy) is 1. The smallest absolute Gasteiger partial charge is 0.338 e. The first-order chi connectivity index (χ1) is 18.0. The van der Waals surface area contributed by atoms with E-state index in [-0.39, 0.29) is 41.7 Å². The molecule has 1 aromatic heterocycles. The molecule has 0 amide bonds. The minimum atomic E-state index is -3.03. The Hall–Kier alpha value is -2.96. The second-order valence-electron chi connectivity index (χ2n) is 9.21. The van der Waals surface area contributed by atoms with Crippen molar-refractivity contribution in [3.63, 3.8) is 0 Å². The normalized spacial score (nSPS) is 22.1. The van der Waals surface area contributed by atoms with E-state index in [9.17, 15) is 27.9 Å². The van der Waals surface area contributed by atoms with Gasteiger partial charge in [0.25, 0.3) is 5.92 Å². The molecular formula is C25H26ClF3N4O4S. The maximum absolute atomic E-state index is 14.6. The molecule has 2 aliphatic rings. The van der Waals surface area contributed by atoms with Crippen LogP contribution in [0.15, 0.2) is 46.0 Å². The Morgan fingerprint density at radius 3 is 2.79 bits per heavy atom. The van der Waals surface area contributed by atoms with Crippen LogP contribution >= 0.6 is 22.9 Å². The van der Waals surface area contributed by atoms with Gasteiger partial charge in [0, 0.05) is 46.9 Å². The van der Waals surface area contributed by atoms with Gasteiger partial charge in [0.15, 0.2) is 10.8 Å². The quantitative estimate of drug-likeness (QED) is 0.422. The van der Waals surface area contributed by atoms with E-state index in [2.05, 4.69) is 15.3 Å². The first-order valence-electron chi connectivity index (χ1n) is 11.9. The van der Waals surface area contributed by atoms with Crippen LogP contribution in [0.4, 0.5) is 13.2 Å². The molecule has 2 aromatic rings. The molecule has 0 bridgehead atoms. The van der Waals surface area contributed by atoms with Gasteiger partial charge in [-0.15, -0.1) is 11.3 Å². The van der Waals surface area contributed by atoms with Crippen molar-refractivity contribution < 1.29 is 32.6 Å². The van der Waals surface area contributed by atoms with Crippen molar-refractivity contribution in [2.45, 2.75) is 44.7 Å². The molecule has 0 saturated carbocycles. The lowest BCUT2D eigenvalue weighted by Crippen LogP contribution is -2.42. The number of aromatic nitrogens is 1. The van der Waals surface area contributed by atoms with Crippen molar-refractivity contribution in [3.8, 4) is 0 Å². The van der Waals surface area contributed by atoms with Gasteiger partial charge < -0.3 is 15.2 Å². The molecule has 3 atom stereocenters. The molecule has 0 aliphatic carbocycles. The maximum Gasteiger partial charge on any atom is 0.338 e. The van der Waals surface area contributed by atoms with E-state index in [0.29, 0.717) is 10.6 Å². The lowest BCUT2D eigenvalue weighted by atomic mass is 9.94. The highest BCUT2D eigenvalue weighted by Gasteiger charge is 2.46. The Bertz CT molecular complexity index is 1270. The van der Waals surface area contributed by atoms with Crippen LogP contribution in [-0.2, 0) is 14.3 Å². The third kappa shape index (κ3) is 6.19. The van der Waals surface area contributed by atoms with Gasteiger partial charge in [-0.3, -0.25) is 14.7 Å². The highest BCUT2D eigenvalue weighted by atomic mass is 35.5. The van der Waals surface area contributed by atoms with Crippen LogP contribution in [0.3, 0.4) is 0 Å². The van der Waals surface area contributed by atoms with Crippen LogP contribution in [0, 0.1) is 11.7 Å². The molecule has 38 heavy (non-hydrogen) atoms. The average molecular weight is 571 g/mol. The summed E-state index contributed by atoms with van der Waals surface area (Å²) in [7, 11) is 0. The molecular weight excluding hydrogens is 545 g/mol. The summed E-state index contributed by atoms with van der Waals surface area (Å²) < 4.78 is 48.3. The molecule has 2 N–H and O–H groups in total. The van der Waals surface area contributed by atoms with Gasteiger partial charge in [-0.25, -0.2) is 22.9 Å². The number of benzene rings is 1. The fourth-order valence-electron chi connectivity index (χ4n) is 4.66. The monoisotopic (exact) mass is 570 g/mol. The van der Waals surface area contributed by atoms with Crippen LogP contribution in [0.5, 0.6) is 0 Å². The molecule has 1 aromatic carbocycles. The van der Waals surface area contributed by atoms with Crippen molar-refractivity contribution >= 4 is 40.7 Å². The number of carboxylic acid groups (broad SMARTS) is 1. The molecule has 8 nitrogen and oxygen atoms in total. The number of thiazole rings is 1. The van der Waals surface area contributed by atoms with Gasteiger partial charge in [0.05, 0.1) is 24.6 Å². The topological polar surface area (TPSA) is 104 Å². The average Bonchev–Trinajstić information content (AvgIpc) is 3.46. The number of nitrogens with zero attached hydrogens (tertiary/aromatic N) is 3. The second kappa shape index (κ2) is 11.4. The molecule has 1 fully saturated rings. The molecule has 204 valence electrons. The zero-order valence-corrected chi connectivity index (χ0v) is 22.2. The number of carboxylic acids is 1. The second-order valence-corrected chi connectivity index (χ2v) is 10.5. The fourth-order valence-corrected chi connectivity index (χ4v) is 5.52. The number of esters is 1. The summed E-state index contributed by atoms with van der Waals surface area (Å²) in [4.78, 5) is 35.1. The predicted molar refractivity (Wildman–Crippen MR) is 136 cm³/mol.